The summed E-state index contributed by atoms with van der Waals surface area (Å²) in [6.07, 6.45) is 0. The van der Waals surface area contributed by atoms with Crippen molar-refractivity contribution in [3.63, 3.8) is 0 Å². The average Bonchev–Trinajstić information content (AvgIpc) is 3.68. The van der Waals surface area contributed by atoms with Crippen LogP contribution in [0.15, 0.2) is 218 Å². The van der Waals surface area contributed by atoms with Gasteiger partial charge < -0.3 is 9.47 Å². The molecule has 4 heteroatoms. The minimum absolute atomic E-state index is 0.0247. The maximum absolute atomic E-state index is 3.10. The van der Waals surface area contributed by atoms with Crippen LogP contribution in [-0.2, 0) is 10.8 Å². The van der Waals surface area contributed by atoms with Crippen molar-refractivity contribution in [3.8, 4) is 5.69 Å². The van der Waals surface area contributed by atoms with Crippen LogP contribution in [0.2, 0.25) is 0 Å². The van der Waals surface area contributed by atoms with Crippen LogP contribution in [0, 0.1) is 0 Å². The zero-order valence-corrected chi connectivity index (χ0v) is 40.7. The highest BCUT2D eigenvalue weighted by Gasteiger charge is 2.56. The smallest absolute Gasteiger partial charge is 0.184 e. The van der Waals surface area contributed by atoms with Crippen molar-refractivity contribution in [1.82, 2.24) is 4.57 Å². The lowest BCUT2D eigenvalue weighted by molar-refractivity contribution is 0.590. The molecule has 320 valence electrons. The zero-order valence-electron chi connectivity index (χ0n) is 38.7. The number of rotatable bonds is 5. The van der Waals surface area contributed by atoms with Crippen LogP contribution < -0.4 is 46.4 Å². The zero-order chi connectivity index (χ0) is 45.0. The van der Waals surface area contributed by atoms with E-state index in [1.165, 1.54) is 97.2 Å². The lowest BCUT2D eigenvalue weighted by Crippen LogP contribution is -2.82. The summed E-state index contributed by atoms with van der Waals surface area (Å²) < 4.78 is 2.54. The highest BCUT2D eigenvalue weighted by Crippen LogP contribution is 2.42. The molecule has 0 bridgehead atoms. The molecule has 3 heterocycles. The first-order valence-electron chi connectivity index (χ1n) is 23.5. The van der Waals surface area contributed by atoms with E-state index in [2.05, 4.69) is 269 Å². The summed E-state index contributed by atoms with van der Waals surface area (Å²) in [6.45, 7) is 13.9. The minimum atomic E-state index is -3.10. The van der Waals surface area contributed by atoms with Gasteiger partial charge in [-0.2, -0.15) is 0 Å². The number of aromatic nitrogens is 1. The summed E-state index contributed by atoms with van der Waals surface area (Å²) in [5, 5.41) is 13.9. The molecule has 0 saturated heterocycles. The Labute approximate surface area is 391 Å². The summed E-state index contributed by atoms with van der Waals surface area (Å²) in [6, 6.07) is 84.5. The SMILES string of the molecule is CC(C)(C)c1ccc2c(c1)c1cc(C(C)(C)C)ccc1n2-c1cccc([Si]2(c3ccccc3)c3ccccc3N3c4ccccc4[Si](c4ccccc4)(c4ccccc4)c4cccc2c43)c1. The molecule has 0 amide bonds. The van der Waals surface area contributed by atoms with E-state index in [4.69, 9.17) is 0 Å². The first kappa shape index (κ1) is 40.5. The molecule has 0 fully saturated rings. The third-order valence-electron chi connectivity index (χ3n) is 14.8. The van der Waals surface area contributed by atoms with Crippen LogP contribution in [0.3, 0.4) is 0 Å². The molecule has 2 aliphatic rings. The average molecular weight is 883 g/mol. The Morgan fingerprint density at radius 2 is 0.712 bits per heavy atom. The summed E-state index contributed by atoms with van der Waals surface area (Å²) in [5.41, 5.74) is 10.3. The first-order valence-corrected chi connectivity index (χ1v) is 27.5. The van der Waals surface area contributed by atoms with Gasteiger partial charge in [0.25, 0.3) is 0 Å². The van der Waals surface area contributed by atoms with Gasteiger partial charge in [0.05, 0.1) is 11.0 Å². The van der Waals surface area contributed by atoms with Crippen LogP contribution in [0.4, 0.5) is 17.1 Å². The molecule has 0 N–H and O–H groups in total. The van der Waals surface area contributed by atoms with Crippen molar-refractivity contribution < 1.29 is 0 Å². The third kappa shape index (κ3) is 5.71. The van der Waals surface area contributed by atoms with Crippen LogP contribution >= 0.6 is 0 Å². The standard InChI is InChI=1S/C62H54N2Si2/c1-61(2,3)43-36-38-52-50(40-43)51-41-44(62(4,5)6)37-39-53(51)63(52)45-22-20-29-49(42-45)66(48-27-14-9-15-28-48)57-33-19-17-31-55(57)64-54-30-16-18-32-56(54)65(46-23-10-7-11-24-46,47-25-12-8-13-26-47)58-34-21-35-59(66)60(58)64/h7-42H,1-6H3. The van der Waals surface area contributed by atoms with E-state index in [1.807, 2.05) is 0 Å². The second-order valence-corrected chi connectivity index (χ2v) is 28.0. The van der Waals surface area contributed by atoms with Crippen molar-refractivity contribution >= 4 is 96.5 Å². The topological polar surface area (TPSA) is 8.17 Å². The van der Waals surface area contributed by atoms with Crippen LogP contribution in [0.25, 0.3) is 27.5 Å². The van der Waals surface area contributed by atoms with E-state index in [9.17, 15) is 0 Å². The fourth-order valence-corrected chi connectivity index (χ4v) is 22.2. The van der Waals surface area contributed by atoms with E-state index in [1.54, 1.807) is 0 Å². The van der Waals surface area contributed by atoms with Crippen molar-refractivity contribution in [2.75, 3.05) is 4.90 Å². The maximum atomic E-state index is 2.65. The first-order chi connectivity index (χ1) is 32.0. The second kappa shape index (κ2) is 14.8. The Morgan fingerprint density at radius 1 is 0.333 bits per heavy atom. The molecule has 0 aliphatic carbocycles. The van der Waals surface area contributed by atoms with Gasteiger partial charge in [0.1, 0.15) is 0 Å². The van der Waals surface area contributed by atoms with Gasteiger partial charge in [0, 0.05) is 33.5 Å². The van der Waals surface area contributed by atoms with Crippen molar-refractivity contribution in [2.45, 2.75) is 52.4 Å². The van der Waals surface area contributed by atoms with Gasteiger partial charge in [0.15, 0.2) is 16.1 Å². The molecule has 0 saturated carbocycles. The molecule has 1 aromatic heterocycles. The Balaban J connectivity index is 1.20. The maximum Gasteiger partial charge on any atom is 0.184 e. The predicted molar refractivity (Wildman–Crippen MR) is 287 cm³/mol. The molecule has 66 heavy (non-hydrogen) atoms. The fourth-order valence-electron chi connectivity index (χ4n) is 11.8. The molecule has 0 spiro atoms. The van der Waals surface area contributed by atoms with Crippen LogP contribution in [-0.4, -0.2) is 20.7 Å². The molecule has 10 aromatic rings. The Hall–Kier alpha value is -6.99. The molecule has 1 unspecified atom stereocenters. The lowest BCUT2D eigenvalue weighted by Gasteiger charge is -2.52. The van der Waals surface area contributed by atoms with Gasteiger partial charge in [-0.25, -0.2) is 0 Å². The quantitative estimate of drug-likeness (QED) is 0.156. The molecule has 2 aliphatic heterocycles. The van der Waals surface area contributed by atoms with Crippen LogP contribution in [0.1, 0.15) is 52.7 Å². The van der Waals surface area contributed by atoms with E-state index in [0.29, 0.717) is 0 Å². The molecule has 1 atom stereocenters. The number of benzene rings is 9. The van der Waals surface area contributed by atoms with Gasteiger partial charge >= 0.3 is 0 Å². The monoisotopic (exact) mass is 882 g/mol. The van der Waals surface area contributed by atoms with Gasteiger partial charge in [-0.3, -0.25) is 0 Å². The van der Waals surface area contributed by atoms with Gasteiger partial charge in [0.2, 0.25) is 0 Å². The number of para-hydroxylation sites is 3. The van der Waals surface area contributed by atoms with Crippen LogP contribution in [0.5, 0.6) is 0 Å². The number of fused-ring (bicyclic) bond motifs is 7. The number of nitrogens with zero attached hydrogens (tertiary/aromatic N) is 2. The molecule has 12 rings (SSSR count). The highest BCUT2D eigenvalue weighted by atomic mass is 28.3. The summed E-state index contributed by atoms with van der Waals surface area (Å²) in [7, 11) is -5.99. The Morgan fingerprint density at radius 3 is 1.17 bits per heavy atom. The van der Waals surface area contributed by atoms with E-state index < -0.39 is 16.1 Å². The van der Waals surface area contributed by atoms with Crippen molar-refractivity contribution in [3.05, 3.63) is 230 Å². The Bertz CT molecular complexity index is 3390. The Kier molecular flexibility index (Phi) is 9.06. The summed E-state index contributed by atoms with van der Waals surface area (Å²) in [4.78, 5) is 2.65. The highest BCUT2D eigenvalue weighted by molar-refractivity contribution is 7.24. The van der Waals surface area contributed by atoms with E-state index in [-0.39, 0.29) is 10.8 Å². The van der Waals surface area contributed by atoms with Gasteiger partial charge in [-0.15, -0.1) is 0 Å². The molecular weight excluding hydrogens is 829 g/mol. The minimum Gasteiger partial charge on any atom is -0.311 e. The summed E-state index contributed by atoms with van der Waals surface area (Å²) in [5.74, 6) is 0. The fraction of sp³-hybridized carbons (Fsp3) is 0.129. The van der Waals surface area contributed by atoms with Crippen molar-refractivity contribution in [2.24, 2.45) is 0 Å². The van der Waals surface area contributed by atoms with Gasteiger partial charge in [-0.1, -0.05) is 211 Å². The van der Waals surface area contributed by atoms with E-state index in [0.717, 1.165) is 0 Å². The van der Waals surface area contributed by atoms with E-state index >= 15 is 0 Å². The molecule has 2 nitrogen and oxygen atoms in total. The predicted octanol–water partition coefficient (Wildman–Crippen LogP) is 10.2. The molecule has 0 radical (unpaired) electrons. The second-order valence-electron chi connectivity index (χ2n) is 20.5. The number of anilines is 3. The van der Waals surface area contributed by atoms with Gasteiger partial charge in [-0.05, 0) is 112 Å². The summed E-state index contributed by atoms with van der Waals surface area (Å²) >= 11 is 0. The number of hydrogen-bond donors (Lipinski definition) is 0. The third-order valence-corrected chi connectivity index (χ3v) is 24.5. The van der Waals surface area contributed by atoms with Crippen molar-refractivity contribution in [1.29, 1.82) is 0 Å². The normalized spacial score (nSPS) is 16.2. The molecular formula is C62H54N2Si2. The number of hydrogen-bond acceptors (Lipinski definition) is 1. The largest absolute Gasteiger partial charge is 0.311 e. The molecule has 9 aromatic carbocycles. The lowest BCUT2D eigenvalue weighted by atomic mass is 9.85.